The summed E-state index contributed by atoms with van der Waals surface area (Å²) in [6, 6.07) is 0. The SMILES string of the molecule is C.C.CC(C)CCCCC1CCC2C3CC=C4CC(C)CCC4C3CCC12C.CN. The van der Waals surface area contributed by atoms with Crippen molar-refractivity contribution in [1.82, 2.24) is 0 Å². The lowest BCUT2D eigenvalue weighted by Crippen LogP contribution is -2.45. The Kier molecular flexibility index (Phi) is 11.2. The third-order valence-corrected chi connectivity index (χ3v) is 9.47. The van der Waals surface area contributed by atoms with E-state index >= 15 is 0 Å². The Morgan fingerprint density at radius 1 is 1.00 bits per heavy atom. The molecule has 0 saturated heterocycles. The van der Waals surface area contributed by atoms with Gasteiger partial charge in [-0.25, -0.2) is 0 Å². The molecule has 4 rings (SSSR count). The first-order valence-electron chi connectivity index (χ1n) is 12.8. The first-order chi connectivity index (χ1) is 13.5. The van der Waals surface area contributed by atoms with Crippen LogP contribution in [0.2, 0.25) is 0 Å². The second kappa shape index (κ2) is 12.1. The summed E-state index contributed by atoms with van der Waals surface area (Å²) in [6.07, 6.45) is 20.7. The summed E-state index contributed by atoms with van der Waals surface area (Å²) in [4.78, 5) is 0. The molecular formula is C29H57N. The molecule has 7 unspecified atom stereocenters. The minimum absolute atomic E-state index is 0. The maximum atomic E-state index is 4.50. The predicted octanol–water partition coefficient (Wildman–Crippen LogP) is 8.87. The van der Waals surface area contributed by atoms with Crippen LogP contribution >= 0.6 is 0 Å². The van der Waals surface area contributed by atoms with Crippen molar-refractivity contribution in [1.29, 1.82) is 0 Å². The molecule has 1 nitrogen and oxygen atoms in total. The molecule has 178 valence electrons. The van der Waals surface area contributed by atoms with Gasteiger partial charge >= 0.3 is 0 Å². The van der Waals surface area contributed by atoms with Crippen LogP contribution in [0.3, 0.4) is 0 Å². The molecule has 4 aliphatic carbocycles. The molecule has 1 heteroatoms. The van der Waals surface area contributed by atoms with Crippen LogP contribution in [0.5, 0.6) is 0 Å². The van der Waals surface area contributed by atoms with Gasteiger partial charge in [0, 0.05) is 0 Å². The van der Waals surface area contributed by atoms with Crippen molar-refractivity contribution in [3.8, 4) is 0 Å². The minimum Gasteiger partial charge on any atom is -0.333 e. The van der Waals surface area contributed by atoms with Crippen LogP contribution in [0, 0.1) is 46.8 Å². The normalized spacial score (nSPS) is 39.2. The predicted molar refractivity (Wildman–Crippen MR) is 137 cm³/mol. The van der Waals surface area contributed by atoms with E-state index in [0.29, 0.717) is 5.41 Å². The summed E-state index contributed by atoms with van der Waals surface area (Å²) in [6.45, 7) is 9.95. The number of hydrogen-bond donors (Lipinski definition) is 1. The molecule has 0 amide bonds. The molecule has 0 aromatic heterocycles. The van der Waals surface area contributed by atoms with Crippen LogP contribution in [0.1, 0.15) is 120 Å². The van der Waals surface area contributed by atoms with Crippen LogP contribution in [-0.4, -0.2) is 7.05 Å². The molecule has 0 radical (unpaired) electrons. The molecule has 0 aromatic carbocycles. The Balaban J connectivity index is 0.00000109. The second-order valence-corrected chi connectivity index (χ2v) is 11.4. The van der Waals surface area contributed by atoms with Crippen molar-refractivity contribution in [3.63, 3.8) is 0 Å². The quantitative estimate of drug-likeness (QED) is 0.349. The third kappa shape index (κ3) is 5.54. The highest BCUT2D eigenvalue weighted by Gasteiger charge is 2.55. The fourth-order valence-electron chi connectivity index (χ4n) is 8.00. The van der Waals surface area contributed by atoms with E-state index in [0.717, 1.165) is 41.4 Å². The maximum absolute atomic E-state index is 4.50. The molecule has 4 aliphatic rings. The van der Waals surface area contributed by atoms with Gasteiger partial charge in [0.25, 0.3) is 0 Å². The van der Waals surface area contributed by atoms with Crippen LogP contribution in [0.4, 0.5) is 0 Å². The highest BCUT2D eigenvalue weighted by molar-refractivity contribution is 5.19. The van der Waals surface area contributed by atoms with Gasteiger partial charge in [-0.1, -0.05) is 73.5 Å². The molecular weight excluding hydrogens is 362 g/mol. The standard InChI is InChI=1S/C26H44.CH5N.2CH4/c1-18(2)7-5-6-8-21-11-14-25-24-13-10-20-17-19(3)9-12-22(20)23(24)15-16-26(21,25)4;1-2;;/h10,18-19,21-25H,5-9,11-17H2,1-4H3;2H2,1H3;2*1H4. The van der Waals surface area contributed by atoms with Gasteiger partial charge in [0.15, 0.2) is 0 Å². The number of allylic oxidation sites excluding steroid dienone is 2. The van der Waals surface area contributed by atoms with Crippen LogP contribution in [0.15, 0.2) is 11.6 Å². The minimum atomic E-state index is 0. The smallest absolute Gasteiger partial charge is 0.0172 e. The van der Waals surface area contributed by atoms with Gasteiger partial charge in [-0.15, -0.1) is 0 Å². The van der Waals surface area contributed by atoms with Crippen LogP contribution in [0.25, 0.3) is 0 Å². The molecule has 2 N–H and O–H groups in total. The van der Waals surface area contributed by atoms with Gasteiger partial charge in [-0.2, -0.15) is 0 Å². The molecule has 0 aliphatic heterocycles. The van der Waals surface area contributed by atoms with E-state index in [1.54, 1.807) is 25.7 Å². The number of rotatable bonds is 5. The number of fused-ring (bicyclic) bond motifs is 5. The van der Waals surface area contributed by atoms with E-state index in [1.165, 1.54) is 58.4 Å². The lowest BCUT2D eigenvalue weighted by Gasteiger charge is -2.54. The van der Waals surface area contributed by atoms with Gasteiger partial charge in [-0.3, -0.25) is 0 Å². The van der Waals surface area contributed by atoms with E-state index in [2.05, 4.69) is 39.5 Å². The lowest BCUT2D eigenvalue weighted by molar-refractivity contribution is -0.0157. The Bertz CT molecular complexity index is 520. The molecule has 3 fully saturated rings. The summed E-state index contributed by atoms with van der Waals surface area (Å²) in [5.74, 6) is 7.01. The van der Waals surface area contributed by atoms with Gasteiger partial charge in [0.2, 0.25) is 0 Å². The molecule has 30 heavy (non-hydrogen) atoms. The number of hydrogen-bond acceptors (Lipinski definition) is 1. The van der Waals surface area contributed by atoms with Crippen molar-refractivity contribution in [2.75, 3.05) is 7.05 Å². The first-order valence-corrected chi connectivity index (χ1v) is 12.8. The van der Waals surface area contributed by atoms with Crippen molar-refractivity contribution in [2.24, 2.45) is 52.6 Å². The third-order valence-electron chi connectivity index (χ3n) is 9.47. The van der Waals surface area contributed by atoms with E-state index in [9.17, 15) is 0 Å². The van der Waals surface area contributed by atoms with Crippen molar-refractivity contribution in [2.45, 2.75) is 120 Å². The van der Waals surface area contributed by atoms with Crippen molar-refractivity contribution >= 4 is 0 Å². The lowest BCUT2D eigenvalue weighted by atomic mass is 9.51. The van der Waals surface area contributed by atoms with Gasteiger partial charge in [-0.05, 0) is 112 Å². The molecule has 0 spiro atoms. The average molecular weight is 420 g/mol. The van der Waals surface area contributed by atoms with E-state index < -0.39 is 0 Å². The Labute approximate surface area is 191 Å². The first kappa shape index (κ1) is 27.7. The number of nitrogens with two attached hydrogens (primary N) is 1. The second-order valence-electron chi connectivity index (χ2n) is 11.4. The largest absolute Gasteiger partial charge is 0.333 e. The summed E-state index contributed by atoms with van der Waals surface area (Å²) in [5.41, 5.74) is 7.07. The summed E-state index contributed by atoms with van der Waals surface area (Å²) < 4.78 is 0. The molecule has 3 saturated carbocycles. The van der Waals surface area contributed by atoms with Crippen LogP contribution < -0.4 is 5.73 Å². The van der Waals surface area contributed by atoms with Crippen LogP contribution in [-0.2, 0) is 0 Å². The highest BCUT2D eigenvalue weighted by atomic mass is 14.6. The summed E-state index contributed by atoms with van der Waals surface area (Å²) >= 11 is 0. The zero-order valence-electron chi connectivity index (χ0n) is 19.7. The Hall–Kier alpha value is -0.300. The van der Waals surface area contributed by atoms with E-state index in [4.69, 9.17) is 0 Å². The van der Waals surface area contributed by atoms with Gasteiger partial charge in [0.05, 0.1) is 0 Å². The fourth-order valence-corrected chi connectivity index (χ4v) is 8.00. The van der Waals surface area contributed by atoms with E-state index in [1.807, 2.05) is 5.57 Å². The summed E-state index contributed by atoms with van der Waals surface area (Å²) in [5, 5.41) is 0. The number of unbranched alkanes of at least 4 members (excludes halogenated alkanes) is 1. The zero-order valence-corrected chi connectivity index (χ0v) is 19.7. The molecule has 0 aromatic rings. The van der Waals surface area contributed by atoms with E-state index in [-0.39, 0.29) is 14.9 Å². The van der Waals surface area contributed by atoms with Gasteiger partial charge in [0.1, 0.15) is 0 Å². The van der Waals surface area contributed by atoms with Gasteiger partial charge < -0.3 is 5.73 Å². The zero-order chi connectivity index (χ0) is 20.3. The fraction of sp³-hybridized carbons (Fsp3) is 0.931. The Morgan fingerprint density at radius 3 is 2.43 bits per heavy atom. The molecule has 0 bridgehead atoms. The topological polar surface area (TPSA) is 26.0 Å². The average Bonchev–Trinajstić information content (AvgIpc) is 3.02. The molecule has 0 heterocycles. The maximum Gasteiger partial charge on any atom is -0.0172 e. The summed E-state index contributed by atoms with van der Waals surface area (Å²) in [7, 11) is 1.50. The van der Waals surface area contributed by atoms with Crippen molar-refractivity contribution < 1.29 is 0 Å². The van der Waals surface area contributed by atoms with Crippen molar-refractivity contribution in [3.05, 3.63) is 11.6 Å². The molecule has 7 atom stereocenters. The Morgan fingerprint density at radius 2 is 1.73 bits per heavy atom. The monoisotopic (exact) mass is 419 g/mol. The highest BCUT2D eigenvalue weighted by Crippen LogP contribution is 2.64.